The normalized spacial score (nSPS) is 12.3. The number of hydrogen-bond donors (Lipinski definition) is 1. The van der Waals surface area contributed by atoms with Crippen LogP contribution in [0.4, 0.5) is 0 Å². The van der Waals surface area contributed by atoms with Crippen LogP contribution >= 0.6 is 11.8 Å². The summed E-state index contributed by atoms with van der Waals surface area (Å²) in [6.45, 7) is 2.77. The van der Waals surface area contributed by atoms with Gasteiger partial charge in [-0.3, -0.25) is 4.79 Å². The first-order valence-electron chi connectivity index (χ1n) is 9.33. The first-order valence-corrected chi connectivity index (χ1v) is 10.3. The number of hydrogen-bond acceptors (Lipinski definition) is 5. The topological polar surface area (TPSA) is 68.0 Å². The number of amides is 1. The molecular formula is C22H21N3O2S. The maximum Gasteiger partial charge on any atom is 0.230 e. The van der Waals surface area contributed by atoms with Crippen LogP contribution in [0.3, 0.4) is 0 Å². The number of para-hydroxylation sites is 1. The fourth-order valence-corrected chi connectivity index (χ4v) is 4.01. The van der Waals surface area contributed by atoms with E-state index in [0.29, 0.717) is 23.1 Å². The second kappa shape index (κ2) is 8.44. The van der Waals surface area contributed by atoms with Crippen molar-refractivity contribution in [2.75, 3.05) is 12.3 Å². The van der Waals surface area contributed by atoms with Crippen LogP contribution in [0.1, 0.15) is 24.8 Å². The van der Waals surface area contributed by atoms with Gasteiger partial charge in [0.15, 0.2) is 5.58 Å². The van der Waals surface area contributed by atoms with Gasteiger partial charge < -0.3 is 9.73 Å². The Morgan fingerprint density at radius 2 is 1.89 bits per heavy atom. The molecule has 0 saturated carbocycles. The zero-order valence-corrected chi connectivity index (χ0v) is 16.4. The lowest BCUT2D eigenvalue weighted by molar-refractivity contribution is -0.118. The average Bonchev–Trinajstić information content (AvgIpc) is 3.13. The Kier molecular flexibility index (Phi) is 5.58. The van der Waals surface area contributed by atoms with Gasteiger partial charge in [0.2, 0.25) is 5.91 Å². The summed E-state index contributed by atoms with van der Waals surface area (Å²) in [4.78, 5) is 21.0. The Morgan fingerprint density at radius 1 is 1.11 bits per heavy atom. The number of aromatic nitrogens is 2. The molecule has 0 aliphatic rings. The number of thioether (sulfide) groups is 1. The third-order valence-electron chi connectivity index (χ3n) is 4.77. The van der Waals surface area contributed by atoms with E-state index < -0.39 is 0 Å². The molecule has 142 valence electrons. The van der Waals surface area contributed by atoms with Gasteiger partial charge >= 0.3 is 0 Å². The van der Waals surface area contributed by atoms with Crippen molar-refractivity contribution in [3.05, 3.63) is 66.5 Å². The Labute approximate surface area is 167 Å². The summed E-state index contributed by atoms with van der Waals surface area (Å²) in [7, 11) is 0. The van der Waals surface area contributed by atoms with Crippen molar-refractivity contribution in [1.29, 1.82) is 0 Å². The SMILES string of the molecule is CC[C@@H](CNC(=O)CSc1ncnc2c1oc1ccccc12)c1ccccc1. The second-order valence-corrected chi connectivity index (χ2v) is 7.53. The van der Waals surface area contributed by atoms with Gasteiger partial charge in [-0.05, 0) is 24.1 Å². The summed E-state index contributed by atoms with van der Waals surface area (Å²) in [5, 5.41) is 4.69. The van der Waals surface area contributed by atoms with Crippen LogP contribution in [0.2, 0.25) is 0 Å². The molecule has 0 aliphatic heterocycles. The molecule has 1 atom stereocenters. The van der Waals surface area contributed by atoms with Crippen molar-refractivity contribution in [1.82, 2.24) is 15.3 Å². The van der Waals surface area contributed by atoms with Crippen LogP contribution in [0.5, 0.6) is 0 Å². The molecule has 1 amide bonds. The molecule has 0 unspecified atom stereocenters. The fraction of sp³-hybridized carbons (Fsp3) is 0.227. The van der Waals surface area contributed by atoms with Crippen LogP contribution in [-0.4, -0.2) is 28.2 Å². The zero-order valence-electron chi connectivity index (χ0n) is 15.6. The van der Waals surface area contributed by atoms with Gasteiger partial charge in [-0.1, -0.05) is 61.2 Å². The molecule has 0 spiro atoms. The Hall–Kier alpha value is -2.86. The lowest BCUT2D eigenvalue weighted by atomic mass is 9.96. The lowest BCUT2D eigenvalue weighted by Crippen LogP contribution is -2.29. The van der Waals surface area contributed by atoms with E-state index in [0.717, 1.165) is 22.9 Å². The molecule has 0 bridgehead atoms. The van der Waals surface area contributed by atoms with E-state index in [-0.39, 0.29) is 11.7 Å². The minimum Gasteiger partial charge on any atom is -0.451 e. The summed E-state index contributed by atoms with van der Waals surface area (Å²) >= 11 is 1.37. The maximum atomic E-state index is 12.4. The van der Waals surface area contributed by atoms with E-state index in [2.05, 4.69) is 34.3 Å². The minimum absolute atomic E-state index is 0.0118. The quantitative estimate of drug-likeness (QED) is 0.363. The van der Waals surface area contributed by atoms with Crippen molar-refractivity contribution >= 4 is 39.7 Å². The van der Waals surface area contributed by atoms with Gasteiger partial charge in [0.05, 0.1) is 5.75 Å². The van der Waals surface area contributed by atoms with Gasteiger partial charge in [0.25, 0.3) is 0 Å². The highest BCUT2D eigenvalue weighted by Crippen LogP contribution is 2.32. The molecule has 0 saturated heterocycles. The highest BCUT2D eigenvalue weighted by atomic mass is 32.2. The van der Waals surface area contributed by atoms with E-state index in [9.17, 15) is 4.79 Å². The highest BCUT2D eigenvalue weighted by Gasteiger charge is 2.15. The Bertz CT molecular complexity index is 1090. The van der Waals surface area contributed by atoms with E-state index in [1.165, 1.54) is 23.7 Å². The van der Waals surface area contributed by atoms with Crippen LogP contribution in [0, 0.1) is 0 Å². The molecule has 6 heteroatoms. The first kappa shape index (κ1) is 18.5. The third kappa shape index (κ3) is 3.87. The second-order valence-electron chi connectivity index (χ2n) is 6.56. The summed E-state index contributed by atoms with van der Waals surface area (Å²) in [6.07, 6.45) is 2.50. The molecule has 28 heavy (non-hydrogen) atoms. The van der Waals surface area contributed by atoms with Gasteiger partial charge in [-0.25, -0.2) is 9.97 Å². The summed E-state index contributed by atoms with van der Waals surface area (Å²) in [5.74, 6) is 0.590. The average molecular weight is 391 g/mol. The number of nitrogens with zero attached hydrogens (tertiary/aromatic N) is 2. The molecule has 2 heterocycles. The number of fused-ring (bicyclic) bond motifs is 3. The van der Waals surface area contributed by atoms with Crippen LogP contribution in [0.25, 0.3) is 22.1 Å². The fourth-order valence-electron chi connectivity index (χ4n) is 3.25. The Morgan fingerprint density at radius 3 is 2.71 bits per heavy atom. The third-order valence-corrected chi connectivity index (χ3v) is 5.75. The molecule has 0 aliphatic carbocycles. The molecule has 0 fully saturated rings. The van der Waals surface area contributed by atoms with E-state index in [1.54, 1.807) is 0 Å². The molecule has 4 rings (SSSR count). The van der Waals surface area contributed by atoms with E-state index >= 15 is 0 Å². The standard InChI is InChI=1S/C22H21N3O2S/c1-2-15(16-8-4-3-5-9-16)12-23-19(26)13-28-22-21-20(24-14-25-22)17-10-6-7-11-18(17)27-21/h3-11,14-15H,2,12-13H2,1H3,(H,23,26)/t15-/m0/s1. The number of rotatable bonds is 7. The summed E-state index contributed by atoms with van der Waals surface area (Å²) in [6, 6.07) is 18.0. The minimum atomic E-state index is -0.0118. The molecule has 5 nitrogen and oxygen atoms in total. The van der Waals surface area contributed by atoms with E-state index in [1.807, 2.05) is 42.5 Å². The predicted octanol–water partition coefficient (Wildman–Crippen LogP) is 4.78. The Balaban J connectivity index is 1.41. The van der Waals surface area contributed by atoms with Crippen LogP contribution in [0.15, 0.2) is 70.4 Å². The number of furan rings is 1. The number of benzene rings is 2. The largest absolute Gasteiger partial charge is 0.451 e. The highest BCUT2D eigenvalue weighted by molar-refractivity contribution is 8.00. The zero-order chi connectivity index (χ0) is 19.3. The number of carbonyl (C=O) groups excluding carboxylic acids is 1. The van der Waals surface area contributed by atoms with Crippen LogP contribution in [-0.2, 0) is 4.79 Å². The van der Waals surface area contributed by atoms with Gasteiger partial charge in [-0.2, -0.15) is 0 Å². The predicted molar refractivity (Wildman–Crippen MR) is 113 cm³/mol. The van der Waals surface area contributed by atoms with Crippen molar-refractivity contribution in [2.45, 2.75) is 24.3 Å². The number of nitrogens with one attached hydrogen (secondary N) is 1. The molecular weight excluding hydrogens is 370 g/mol. The van der Waals surface area contributed by atoms with Crippen molar-refractivity contribution in [3.8, 4) is 0 Å². The monoisotopic (exact) mass is 391 g/mol. The molecule has 2 aromatic carbocycles. The molecule has 0 radical (unpaired) electrons. The van der Waals surface area contributed by atoms with Crippen molar-refractivity contribution < 1.29 is 9.21 Å². The van der Waals surface area contributed by atoms with Gasteiger partial charge in [0, 0.05) is 17.8 Å². The smallest absolute Gasteiger partial charge is 0.230 e. The van der Waals surface area contributed by atoms with Gasteiger partial charge in [-0.15, -0.1) is 0 Å². The first-order chi connectivity index (χ1) is 13.8. The van der Waals surface area contributed by atoms with Crippen molar-refractivity contribution in [2.24, 2.45) is 0 Å². The molecule has 4 aromatic rings. The maximum absolute atomic E-state index is 12.4. The van der Waals surface area contributed by atoms with Crippen molar-refractivity contribution in [3.63, 3.8) is 0 Å². The molecule has 1 N–H and O–H groups in total. The van der Waals surface area contributed by atoms with E-state index in [4.69, 9.17) is 4.42 Å². The summed E-state index contributed by atoms with van der Waals surface area (Å²) < 4.78 is 5.91. The van der Waals surface area contributed by atoms with Crippen LogP contribution < -0.4 is 5.32 Å². The lowest BCUT2D eigenvalue weighted by Gasteiger charge is -2.16. The number of carbonyl (C=O) groups is 1. The van der Waals surface area contributed by atoms with Gasteiger partial charge in [0.1, 0.15) is 22.5 Å². The summed E-state index contributed by atoms with van der Waals surface area (Å²) in [5.41, 5.74) is 3.44. The molecule has 2 aromatic heterocycles.